The van der Waals surface area contributed by atoms with E-state index in [0.29, 0.717) is 23.5 Å². The van der Waals surface area contributed by atoms with Crippen LogP contribution in [0, 0.1) is 0 Å². The van der Waals surface area contributed by atoms with Gasteiger partial charge in [-0.05, 0) is 44.0 Å². The molecule has 2 N–H and O–H groups in total. The lowest BCUT2D eigenvalue weighted by Crippen LogP contribution is -2.36. The first kappa shape index (κ1) is 24.2. The summed E-state index contributed by atoms with van der Waals surface area (Å²) >= 11 is 3.46. The Bertz CT molecular complexity index is 1410. The number of rotatable bonds is 6. The molecular formula is C28H28BrN5O2. The van der Waals surface area contributed by atoms with Gasteiger partial charge in [0.2, 0.25) is 0 Å². The normalized spacial score (nSPS) is 14.1. The van der Waals surface area contributed by atoms with Gasteiger partial charge in [-0.15, -0.1) is 0 Å². The number of benzene rings is 2. The van der Waals surface area contributed by atoms with Crippen LogP contribution in [0.1, 0.15) is 59.9 Å². The summed E-state index contributed by atoms with van der Waals surface area (Å²) in [5, 5.41) is 11.3. The lowest BCUT2D eigenvalue weighted by molar-refractivity contribution is 0.0922. The van der Waals surface area contributed by atoms with Crippen LogP contribution in [0.5, 0.6) is 0 Å². The number of hydrogen-bond acceptors (Lipinski definition) is 4. The van der Waals surface area contributed by atoms with Crippen molar-refractivity contribution < 1.29 is 9.59 Å². The average Bonchev–Trinajstić information content (AvgIpc) is 3.32. The quantitative estimate of drug-likeness (QED) is 0.302. The van der Waals surface area contributed by atoms with Gasteiger partial charge in [0, 0.05) is 34.2 Å². The van der Waals surface area contributed by atoms with Crippen LogP contribution in [0.2, 0.25) is 0 Å². The highest BCUT2D eigenvalue weighted by molar-refractivity contribution is 9.10. The van der Waals surface area contributed by atoms with Gasteiger partial charge in [-0.25, -0.2) is 4.98 Å². The number of aryl methyl sites for hydroxylation is 1. The summed E-state index contributed by atoms with van der Waals surface area (Å²) in [5.74, 6) is -0.561. The Kier molecular flexibility index (Phi) is 7.13. The SMILES string of the molecule is CCn1cc(NC(=O)c2cc(-c3ccc(Br)cc3)nc3ccccc23)c(C(=O)NC2CCCCC2)n1. The van der Waals surface area contributed by atoms with E-state index in [9.17, 15) is 9.59 Å². The van der Waals surface area contributed by atoms with E-state index in [1.807, 2.05) is 55.5 Å². The zero-order chi connectivity index (χ0) is 25.1. The smallest absolute Gasteiger partial charge is 0.274 e. The number of carbonyl (C=O) groups is 2. The molecule has 1 aliphatic carbocycles. The molecule has 2 aromatic carbocycles. The van der Waals surface area contributed by atoms with Gasteiger partial charge in [0.1, 0.15) is 0 Å². The first-order valence-electron chi connectivity index (χ1n) is 12.4. The summed E-state index contributed by atoms with van der Waals surface area (Å²) in [5.41, 5.74) is 3.46. The van der Waals surface area contributed by atoms with E-state index in [4.69, 9.17) is 4.98 Å². The van der Waals surface area contributed by atoms with Gasteiger partial charge in [-0.1, -0.05) is 65.5 Å². The van der Waals surface area contributed by atoms with Crippen LogP contribution < -0.4 is 10.6 Å². The first-order valence-corrected chi connectivity index (χ1v) is 13.2. The molecule has 0 radical (unpaired) electrons. The average molecular weight is 546 g/mol. The van der Waals surface area contributed by atoms with Crippen molar-refractivity contribution in [3.63, 3.8) is 0 Å². The number of anilines is 1. The Morgan fingerprint density at radius 3 is 2.53 bits per heavy atom. The molecule has 184 valence electrons. The second kappa shape index (κ2) is 10.6. The standard InChI is InChI=1S/C28H28BrN5O2/c1-2-34-17-25(26(33-34)28(36)30-20-8-4-3-5-9-20)32-27(35)22-16-24(18-12-14-19(29)15-13-18)31-23-11-7-6-10-21(22)23/h6-7,10-17,20H,2-5,8-9H2,1H3,(H,30,36)(H,32,35). The van der Waals surface area contributed by atoms with E-state index in [-0.39, 0.29) is 23.6 Å². The van der Waals surface area contributed by atoms with Gasteiger partial charge in [0.15, 0.2) is 5.69 Å². The van der Waals surface area contributed by atoms with E-state index < -0.39 is 0 Å². The Morgan fingerprint density at radius 1 is 1.03 bits per heavy atom. The lowest BCUT2D eigenvalue weighted by Gasteiger charge is -2.22. The topological polar surface area (TPSA) is 88.9 Å². The largest absolute Gasteiger partial charge is 0.348 e. The molecule has 1 aliphatic rings. The van der Waals surface area contributed by atoms with Crippen molar-refractivity contribution in [1.29, 1.82) is 0 Å². The molecule has 5 rings (SSSR count). The number of para-hydroxylation sites is 1. The summed E-state index contributed by atoms with van der Waals surface area (Å²) in [6.07, 6.45) is 7.11. The van der Waals surface area contributed by atoms with Gasteiger partial charge in [-0.3, -0.25) is 14.3 Å². The third-order valence-corrected chi connectivity index (χ3v) is 7.12. The number of pyridine rings is 1. The third-order valence-electron chi connectivity index (χ3n) is 6.59. The minimum absolute atomic E-state index is 0.152. The van der Waals surface area contributed by atoms with Gasteiger partial charge in [-0.2, -0.15) is 5.10 Å². The highest BCUT2D eigenvalue weighted by atomic mass is 79.9. The highest BCUT2D eigenvalue weighted by Crippen LogP contribution is 2.27. The van der Waals surface area contributed by atoms with Crippen molar-refractivity contribution in [3.05, 3.63) is 76.5 Å². The predicted octanol–water partition coefficient (Wildman–Crippen LogP) is 6.20. The second-order valence-corrected chi connectivity index (χ2v) is 10.0. The summed E-state index contributed by atoms with van der Waals surface area (Å²) in [6.45, 7) is 2.54. The summed E-state index contributed by atoms with van der Waals surface area (Å²) in [4.78, 5) is 31.5. The van der Waals surface area contributed by atoms with Crippen LogP contribution in [0.15, 0.2) is 65.3 Å². The van der Waals surface area contributed by atoms with Crippen LogP contribution in [-0.4, -0.2) is 32.6 Å². The zero-order valence-electron chi connectivity index (χ0n) is 20.1. The molecule has 36 heavy (non-hydrogen) atoms. The molecule has 0 aliphatic heterocycles. The Labute approximate surface area is 218 Å². The fourth-order valence-corrected chi connectivity index (χ4v) is 4.93. The van der Waals surface area contributed by atoms with Gasteiger partial charge in [0.05, 0.1) is 22.5 Å². The molecule has 0 unspecified atom stereocenters. The molecule has 2 amide bonds. The first-order chi connectivity index (χ1) is 17.5. The van der Waals surface area contributed by atoms with Crippen LogP contribution in [0.25, 0.3) is 22.2 Å². The second-order valence-electron chi connectivity index (χ2n) is 9.09. The Morgan fingerprint density at radius 2 is 1.78 bits per heavy atom. The molecule has 0 spiro atoms. The molecular weight excluding hydrogens is 518 g/mol. The predicted molar refractivity (Wildman–Crippen MR) is 145 cm³/mol. The van der Waals surface area contributed by atoms with Crippen molar-refractivity contribution in [2.45, 2.75) is 51.6 Å². The van der Waals surface area contributed by atoms with E-state index in [1.54, 1.807) is 16.9 Å². The molecule has 0 bridgehead atoms. The molecule has 1 fully saturated rings. The molecule has 1 saturated carbocycles. The minimum Gasteiger partial charge on any atom is -0.348 e. The van der Waals surface area contributed by atoms with Crippen molar-refractivity contribution in [1.82, 2.24) is 20.1 Å². The van der Waals surface area contributed by atoms with E-state index in [2.05, 4.69) is 31.7 Å². The van der Waals surface area contributed by atoms with E-state index >= 15 is 0 Å². The van der Waals surface area contributed by atoms with Gasteiger partial charge < -0.3 is 10.6 Å². The number of fused-ring (bicyclic) bond motifs is 1. The number of carbonyl (C=O) groups excluding carboxylic acids is 2. The molecule has 0 saturated heterocycles. The van der Waals surface area contributed by atoms with Crippen molar-refractivity contribution in [2.75, 3.05) is 5.32 Å². The maximum atomic E-state index is 13.6. The van der Waals surface area contributed by atoms with Crippen molar-refractivity contribution in [3.8, 4) is 11.3 Å². The van der Waals surface area contributed by atoms with Crippen molar-refractivity contribution in [2.24, 2.45) is 0 Å². The summed E-state index contributed by atoms with van der Waals surface area (Å²) in [6, 6.07) is 17.3. The summed E-state index contributed by atoms with van der Waals surface area (Å²) in [7, 11) is 0. The molecule has 4 aromatic rings. The van der Waals surface area contributed by atoms with Crippen LogP contribution >= 0.6 is 15.9 Å². The number of aromatic nitrogens is 3. The molecule has 2 heterocycles. The zero-order valence-corrected chi connectivity index (χ0v) is 21.7. The molecule has 2 aromatic heterocycles. The Balaban J connectivity index is 1.47. The Hall–Kier alpha value is -3.52. The number of amides is 2. The van der Waals surface area contributed by atoms with Gasteiger partial charge in [0.25, 0.3) is 11.8 Å². The van der Waals surface area contributed by atoms with Crippen LogP contribution in [0.4, 0.5) is 5.69 Å². The molecule has 0 atom stereocenters. The summed E-state index contributed by atoms with van der Waals surface area (Å²) < 4.78 is 2.64. The third kappa shape index (κ3) is 5.18. The number of halogens is 1. The van der Waals surface area contributed by atoms with Gasteiger partial charge >= 0.3 is 0 Å². The maximum absolute atomic E-state index is 13.6. The monoisotopic (exact) mass is 545 g/mol. The number of nitrogens with zero attached hydrogens (tertiary/aromatic N) is 3. The molecule has 8 heteroatoms. The minimum atomic E-state index is -0.311. The fraction of sp³-hybridized carbons (Fsp3) is 0.286. The highest BCUT2D eigenvalue weighted by Gasteiger charge is 2.23. The maximum Gasteiger partial charge on any atom is 0.274 e. The van der Waals surface area contributed by atoms with Crippen LogP contribution in [0.3, 0.4) is 0 Å². The number of hydrogen-bond donors (Lipinski definition) is 2. The fourth-order valence-electron chi connectivity index (χ4n) is 4.66. The van der Waals surface area contributed by atoms with E-state index in [0.717, 1.165) is 46.6 Å². The lowest BCUT2D eigenvalue weighted by atomic mass is 9.95. The van der Waals surface area contributed by atoms with Crippen LogP contribution in [-0.2, 0) is 6.54 Å². The van der Waals surface area contributed by atoms with E-state index in [1.165, 1.54) is 6.42 Å². The number of nitrogens with one attached hydrogen (secondary N) is 2. The van der Waals surface area contributed by atoms with Crippen molar-refractivity contribution >= 4 is 44.3 Å². The molecule has 7 nitrogen and oxygen atoms in total.